The van der Waals surface area contributed by atoms with Gasteiger partial charge in [0, 0.05) is 5.54 Å². The van der Waals surface area contributed by atoms with Crippen LogP contribution in [0.15, 0.2) is 0 Å². The van der Waals surface area contributed by atoms with Gasteiger partial charge in [-0.15, -0.1) is 0 Å². The minimum Gasteiger partial charge on any atom is -0.298 e. The van der Waals surface area contributed by atoms with Crippen molar-refractivity contribution in [2.45, 2.75) is 111 Å². The van der Waals surface area contributed by atoms with E-state index in [4.69, 9.17) is 0 Å². The molecule has 0 rings (SSSR count). The fraction of sp³-hybridized carbons (Fsp3) is 1.00. The van der Waals surface area contributed by atoms with Crippen molar-refractivity contribution in [2.75, 3.05) is 13.1 Å². The van der Waals surface area contributed by atoms with Crippen molar-refractivity contribution in [3.05, 3.63) is 0 Å². The van der Waals surface area contributed by atoms with Crippen molar-refractivity contribution in [3.8, 4) is 0 Å². The summed E-state index contributed by atoms with van der Waals surface area (Å²) < 4.78 is 0. The van der Waals surface area contributed by atoms with Crippen LogP contribution in [0.25, 0.3) is 0 Å². The summed E-state index contributed by atoms with van der Waals surface area (Å²) in [6.07, 6.45) is 15.1. The van der Waals surface area contributed by atoms with Crippen molar-refractivity contribution in [1.29, 1.82) is 0 Å². The average molecular weight is 284 g/mol. The van der Waals surface area contributed by atoms with Crippen LogP contribution in [0.2, 0.25) is 0 Å². The lowest BCUT2D eigenvalue weighted by molar-refractivity contribution is 0.0545. The topological polar surface area (TPSA) is 3.24 Å². The summed E-state index contributed by atoms with van der Waals surface area (Å²) in [5, 5.41) is 0. The van der Waals surface area contributed by atoms with Crippen LogP contribution in [0, 0.1) is 0 Å². The molecule has 0 bridgehead atoms. The number of nitrogens with zero attached hydrogens (tertiary/aromatic N) is 1. The fourth-order valence-corrected chi connectivity index (χ4v) is 3.65. The highest BCUT2D eigenvalue weighted by Crippen LogP contribution is 2.34. The minimum atomic E-state index is 0.506. The Kier molecular flexibility index (Phi) is 12.7. The van der Waals surface area contributed by atoms with Crippen LogP contribution in [-0.4, -0.2) is 23.5 Å². The second kappa shape index (κ2) is 12.7. The van der Waals surface area contributed by atoms with Crippen LogP contribution in [0.1, 0.15) is 105 Å². The quantitative estimate of drug-likeness (QED) is 0.333. The highest BCUT2D eigenvalue weighted by molar-refractivity contribution is 4.90. The van der Waals surface area contributed by atoms with Crippen molar-refractivity contribution in [1.82, 2.24) is 4.90 Å². The largest absolute Gasteiger partial charge is 0.298 e. The van der Waals surface area contributed by atoms with E-state index in [0.717, 1.165) is 0 Å². The molecule has 0 aromatic heterocycles. The second-order valence-electron chi connectivity index (χ2n) is 6.52. The molecule has 0 amide bonds. The summed E-state index contributed by atoms with van der Waals surface area (Å²) in [7, 11) is 0. The van der Waals surface area contributed by atoms with Gasteiger partial charge >= 0.3 is 0 Å². The molecule has 1 heteroatoms. The van der Waals surface area contributed by atoms with E-state index in [-0.39, 0.29) is 0 Å². The molecule has 0 saturated heterocycles. The summed E-state index contributed by atoms with van der Waals surface area (Å²) in [5.41, 5.74) is 0.506. The van der Waals surface area contributed by atoms with Crippen molar-refractivity contribution >= 4 is 0 Å². The second-order valence-corrected chi connectivity index (χ2v) is 6.52. The molecule has 1 atom stereocenters. The van der Waals surface area contributed by atoms with E-state index in [1.807, 2.05) is 0 Å². The van der Waals surface area contributed by atoms with Gasteiger partial charge in [0.05, 0.1) is 0 Å². The summed E-state index contributed by atoms with van der Waals surface area (Å²) in [6.45, 7) is 14.3. The van der Waals surface area contributed by atoms with Crippen LogP contribution in [0.4, 0.5) is 0 Å². The van der Waals surface area contributed by atoms with E-state index in [0.29, 0.717) is 5.54 Å². The number of hydrogen-bond acceptors (Lipinski definition) is 1. The summed E-state index contributed by atoms with van der Waals surface area (Å²) in [5.74, 6) is 0. The molecule has 0 aromatic carbocycles. The molecule has 0 fully saturated rings. The first-order chi connectivity index (χ1) is 9.70. The molecule has 1 unspecified atom stereocenters. The minimum absolute atomic E-state index is 0.506. The van der Waals surface area contributed by atoms with Gasteiger partial charge in [-0.1, -0.05) is 73.1 Å². The van der Waals surface area contributed by atoms with Gasteiger partial charge in [-0.25, -0.2) is 0 Å². The van der Waals surface area contributed by atoms with Gasteiger partial charge in [0.25, 0.3) is 0 Å². The zero-order valence-electron chi connectivity index (χ0n) is 15.1. The lowest BCUT2D eigenvalue weighted by atomic mass is 9.81. The van der Waals surface area contributed by atoms with Crippen LogP contribution < -0.4 is 0 Å². The maximum absolute atomic E-state index is 2.86. The Hall–Kier alpha value is -0.0400. The first-order valence-corrected chi connectivity index (χ1v) is 9.45. The SMILES string of the molecule is CCCCCC(CCC)(CCCC)N(CCC)CCC. The first kappa shape index (κ1) is 20.0. The molecule has 0 aliphatic rings. The zero-order chi connectivity index (χ0) is 15.3. The first-order valence-electron chi connectivity index (χ1n) is 9.45. The molecule has 122 valence electrons. The van der Waals surface area contributed by atoms with Gasteiger partial charge in [-0.2, -0.15) is 0 Å². The Bertz CT molecular complexity index is 196. The number of hydrogen-bond donors (Lipinski definition) is 0. The molecular weight excluding hydrogens is 242 g/mol. The van der Waals surface area contributed by atoms with Crippen LogP contribution in [0.3, 0.4) is 0 Å². The fourth-order valence-electron chi connectivity index (χ4n) is 3.65. The lowest BCUT2D eigenvalue weighted by Crippen LogP contribution is -2.49. The van der Waals surface area contributed by atoms with Crippen molar-refractivity contribution < 1.29 is 0 Å². The predicted octanol–water partition coefficient (Wildman–Crippen LogP) is 6.42. The van der Waals surface area contributed by atoms with Crippen LogP contribution >= 0.6 is 0 Å². The third kappa shape index (κ3) is 7.11. The molecule has 1 nitrogen and oxygen atoms in total. The van der Waals surface area contributed by atoms with Crippen molar-refractivity contribution in [2.24, 2.45) is 0 Å². The van der Waals surface area contributed by atoms with Gasteiger partial charge in [0.15, 0.2) is 0 Å². The maximum Gasteiger partial charge on any atom is 0.0209 e. The van der Waals surface area contributed by atoms with Gasteiger partial charge in [-0.3, -0.25) is 4.90 Å². The van der Waals surface area contributed by atoms with E-state index in [1.54, 1.807) is 0 Å². The molecule has 0 spiro atoms. The highest BCUT2D eigenvalue weighted by atomic mass is 15.2. The third-order valence-electron chi connectivity index (χ3n) is 4.61. The molecular formula is C19H41N. The molecule has 0 heterocycles. The summed E-state index contributed by atoms with van der Waals surface area (Å²) in [4.78, 5) is 2.86. The van der Waals surface area contributed by atoms with Gasteiger partial charge in [-0.05, 0) is 45.2 Å². The molecule has 0 aromatic rings. The van der Waals surface area contributed by atoms with E-state index < -0.39 is 0 Å². The van der Waals surface area contributed by atoms with E-state index >= 15 is 0 Å². The maximum atomic E-state index is 2.86. The zero-order valence-corrected chi connectivity index (χ0v) is 15.1. The van der Waals surface area contributed by atoms with Crippen LogP contribution in [0.5, 0.6) is 0 Å². The molecule has 0 radical (unpaired) electrons. The number of rotatable bonds is 14. The molecule has 0 N–H and O–H groups in total. The standard InChI is InChI=1S/C19H41N/c1-6-11-13-16-19(14-8-3,15-12-7-2)20(17-9-4)18-10-5/h6-18H2,1-5H3. The highest BCUT2D eigenvalue weighted by Gasteiger charge is 2.33. The van der Waals surface area contributed by atoms with E-state index in [9.17, 15) is 0 Å². The smallest absolute Gasteiger partial charge is 0.0209 e. The molecule has 20 heavy (non-hydrogen) atoms. The lowest BCUT2D eigenvalue weighted by Gasteiger charge is -2.45. The Labute approximate surface area is 129 Å². The van der Waals surface area contributed by atoms with E-state index in [2.05, 4.69) is 39.5 Å². The van der Waals surface area contributed by atoms with Gasteiger partial charge in [0.2, 0.25) is 0 Å². The molecule has 0 saturated carbocycles. The Morgan fingerprint density at radius 1 is 0.550 bits per heavy atom. The van der Waals surface area contributed by atoms with Crippen molar-refractivity contribution in [3.63, 3.8) is 0 Å². The summed E-state index contributed by atoms with van der Waals surface area (Å²) >= 11 is 0. The van der Waals surface area contributed by atoms with E-state index in [1.165, 1.54) is 83.7 Å². The average Bonchev–Trinajstić information content (AvgIpc) is 2.45. The van der Waals surface area contributed by atoms with Gasteiger partial charge < -0.3 is 0 Å². The third-order valence-corrected chi connectivity index (χ3v) is 4.61. The Morgan fingerprint density at radius 3 is 1.55 bits per heavy atom. The Morgan fingerprint density at radius 2 is 1.10 bits per heavy atom. The molecule has 0 aliphatic heterocycles. The normalized spacial score (nSPS) is 14.7. The number of unbranched alkanes of at least 4 members (excludes halogenated alkanes) is 3. The molecule has 0 aliphatic carbocycles. The van der Waals surface area contributed by atoms with Crippen LogP contribution in [-0.2, 0) is 0 Å². The predicted molar refractivity (Wildman–Crippen MR) is 93.5 cm³/mol. The summed E-state index contributed by atoms with van der Waals surface area (Å²) in [6, 6.07) is 0. The Balaban J connectivity index is 4.96. The van der Waals surface area contributed by atoms with Gasteiger partial charge in [0.1, 0.15) is 0 Å². The monoisotopic (exact) mass is 283 g/mol.